The highest BCUT2D eigenvalue weighted by atomic mass is 35.5. The fourth-order valence-electron chi connectivity index (χ4n) is 0.719. The lowest BCUT2D eigenvalue weighted by atomic mass is 10.4. The second kappa shape index (κ2) is 5.02. The molecule has 2 nitrogen and oxygen atoms in total. The fourth-order valence-corrected chi connectivity index (χ4v) is 1.61. The molecule has 0 fully saturated rings. The van der Waals surface area contributed by atoms with E-state index < -0.39 is 0 Å². The molecule has 0 radical (unpaired) electrons. The van der Waals surface area contributed by atoms with Gasteiger partial charge in [0.25, 0.3) is 0 Å². The molecule has 0 amide bonds. The van der Waals surface area contributed by atoms with Crippen LogP contribution in [-0.2, 0) is 0 Å². The molecule has 0 spiro atoms. The van der Waals surface area contributed by atoms with Crippen LogP contribution in [0.3, 0.4) is 0 Å². The lowest BCUT2D eigenvalue weighted by molar-refractivity contribution is 1.21. The third kappa shape index (κ3) is 2.72. The van der Waals surface area contributed by atoms with Crippen LogP contribution in [0.15, 0.2) is 23.2 Å². The van der Waals surface area contributed by atoms with Gasteiger partial charge in [0.1, 0.15) is 11.8 Å². The highest BCUT2D eigenvalue weighted by molar-refractivity contribution is 7.99. The Morgan fingerprint density at radius 3 is 3.17 bits per heavy atom. The van der Waals surface area contributed by atoms with Crippen molar-refractivity contribution in [3.63, 3.8) is 0 Å². The van der Waals surface area contributed by atoms with Crippen molar-refractivity contribution < 1.29 is 0 Å². The molecule has 0 atom stereocenters. The molecule has 0 aliphatic rings. The van der Waals surface area contributed by atoms with Gasteiger partial charge < -0.3 is 0 Å². The van der Waals surface area contributed by atoms with Crippen LogP contribution in [0.1, 0.15) is 5.69 Å². The Morgan fingerprint density at radius 1 is 1.67 bits per heavy atom. The molecular formula is C8H7ClN2S. The van der Waals surface area contributed by atoms with Crippen molar-refractivity contribution in [1.82, 2.24) is 4.98 Å². The molecule has 1 aromatic heterocycles. The topological polar surface area (TPSA) is 36.7 Å². The minimum Gasteiger partial charge on any atom is -0.245 e. The molecule has 12 heavy (non-hydrogen) atoms. The Bertz CT molecular complexity index is 295. The molecular weight excluding hydrogens is 192 g/mol. The molecule has 0 N–H and O–H groups in total. The normalized spacial score (nSPS) is 9.33. The van der Waals surface area contributed by atoms with Crippen molar-refractivity contribution in [2.75, 3.05) is 11.6 Å². The van der Waals surface area contributed by atoms with E-state index in [0.717, 1.165) is 10.6 Å². The predicted molar refractivity (Wildman–Crippen MR) is 50.4 cm³/mol. The predicted octanol–water partition coefficient (Wildman–Crippen LogP) is 2.28. The minimum atomic E-state index is 0.453. The Morgan fingerprint density at radius 2 is 2.50 bits per heavy atom. The van der Waals surface area contributed by atoms with Crippen LogP contribution in [0.2, 0.25) is 0 Å². The lowest BCUT2D eigenvalue weighted by Gasteiger charge is -1.97. The largest absolute Gasteiger partial charge is 0.245 e. The zero-order chi connectivity index (χ0) is 8.81. The molecule has 1 heterocycles. The maximum atomic E-state index is 8.54. The van der Waals surface area contributed by atoms with Crippen molar-refractivity contribution in [3.8, 4) is 6.07 Å². The van der Waals surface area contributed by atoms with E-state index in [-0.39, 0.29) is 0 Å². The summed E-state index contributed by atoms with van der Waals surface area (Å²) < 4.78 is 0. The van der Waals surface area contributed by atoms with E-state index in [1.54, 1.807) is 24.0 Å². The number of hydrogen-bond acceptors (Lipinski definition) is 3. The first-order valence-corrected chi connectivity index (χ1v) is 4.93. The van der Waals surface area contributed by atoms with Crippen LogP contribution < -0.4 is 0 Å². The summed E-state index contributed by atoms with van der Waals surface area (Å²) in [5.41, 5.74) is 0.453. The van der Waals surface area contributed by atoms with E-state index >= 15 is 0 Å². The third-order valence-corrected chi connectivity index (χ3v) is 2.60. The van der Waals surface area contributed by atoms with Crippen molar-refractivity contribution in [2.45, 2.75) is 4.90 Å². The highest BCUT2D eigenvalue weighted by Gasteiger charge is 1.95. The minimum absolute atomic E-state index is 0.453. The second-order valence-electron chi connectivity index (χ2n) is 2.03. The number of alkyl halides is 1. The zero-order valence-corrected chi connectivity index (χ0v) is 7.90. The molecule has 0 aliphatic carbocycles. The maximum Gasteiger partial charge on any atom is 0.141 e. The lowest BCUT2D eigenvalue weighted by Crippen LogP contribution is -1.83. The third-order valence-electron chi connectivity index (χ3n) is 1.19. The first-order chi connectivity index (χ1) is 5.86. The molecule has 0 bridgehead atoms. The SMILES string of the molecule is N#Cc1cc(SCCCl)ccn1. The smallest absolute Gasteiger partial charge is 0.141 e. The van der Waals surface area contributed by atoms with E-state index in [2.05, 4.69) is 4.98 Å². The van der Waals surface area contributed by atoms with E-state index in [4.69, 9.17) is 16.9 Å². The molecule has 1 rings (SSSR count). The maximum absolute atomic E-state index is 8.54. The molecule has 4 heteroatoms. The van der Waals surface area contributed by atoms with Gasteiger partial charge in [-0.05, 0) is 12.1 Å². The number of pyridine rings is 1. The fraction of sp³-hybridized carbons (Fsp3) is 0.250. The molecule has 0 saturated carbocycles. The number of halogens is 1. The summed E-state index contributed by atoms with van der Waals surface area (Å²) in [6, 6.07) is 5.62. The molecule has 0 saturated heterocycles. The van der Waals surface area contributed by atoms with Gasteiger partial charge in [-0.25, -0.2) is 4.98 Å². The standard InChI is InChI=1S/C8H7ClN2S/c9-2-4-12-8-1-3-11-7(5-8)6-10/h1,3,5H,2,4H2. The first-order valence-electron chi connectivity index (χ1n) is 3.41. The van der Waals surface area contributed by atoms with Gasteiger partial charge in [0, 0.05) is 22.7 Å². The molecule has 1 aromatic rings. The molecule has 62 valence electrons. The quantitative estimate of drug-likeness (QED) is 0.553. The van der Waals surface area contributed by atoms with Gasteiger partial charge in [0.15, 0.2) is 0 Å². The van der Waals surface area contributed by atoms with Crippen LogP contribution in [-0.4, -0.2) is 16.6 Å². The summed E-state index contributed by atoms with van der Waals surface area (Å²) in [5, 5.41) is 8.54. The number of rotatable bonds is 3. The monoisotopic (exact) mass is 198 g/mol. The molecule has 0 unspecified atom stereocenters. The summed E-state index contributed by atoms with van der Waals surface area (Å²) in [4.78, 5) is 4.90. The van der Waals surface area contributed by atoms with Crippen molar-refractivity contribution in [1.29, 1.82) is 5.26 Å². The van der Waals surface area contributed by atoms with Gasteiger partial charge in [0.05, 0.1) is 0 Å². The summed E-state index contributed by atoms with van der Waals surface area (Å²) in [7, 11) is 0. The summed E-state index contributed by atoms with van der Waals surface area (Å²) in [6.07, 6.45) is 1.63. The Kier molecular flexibility index (Phi) is 3.92. The van der Waals surface area contributed by atoms with Crippen LogP contribution in [0.5, 0.6) is 0 Å². The number of hydrogen-bond donors (Lipinski definition) is 0. The van der Waals surface area contributed by atoms with E-state index in [0.29, 0.717) is 11.6 Å². The van der Waals surface area contributed by atoms with Gasteiger partial charge in [-0.15, -0.1) is 23.4 Å². The van der Waals surface area contributed by atoms with Gasteiger partial charge in [-0.2, -0.15) is 5.26 Å². The summed E-state index contributed by atoms with van der Waals surface area (Å²) >= 11 is 7.15. The average molecular weight is 199 g/mol. The van der Waals surface area contributed by atoms with Crippen molar-refractivity contribution in [2.24, 2.45) is 0 Å². The number of nitriles is 1. The molecule has 0 aliphatic heterocycles. The average Bonchev–Trinajstić information content (AvgIpc) is 2.15. The van der Waals surface area contributed by atoms with Gasteiger partial charge in [-0.3, -0.25) is 0 Å². The Hall–Kier alpha value is -0.720. The van der Waals surface area contributed by atoms with Crippen LogP contribution in [0.25, 0.3) is 0 Å². The number of aromatic nitrogens is 1. The Labute approximate surface area is 80.6 Å². The Balaban J connectivity index is 2.68. The van der Waals surface area contributed by atoms with Crippen molar-refractivity contribution >= 4 is 23.4 Å². The summed E-state index contributed by atoms with van der Waals surface area (Å²) in [6.45, 7) is 0. The van der Waals surface area contributed by atoms with Crippen LogP contribution >= 0.6 is 23.4 Å². The van der Waals surface area contributed by atoms with Crippen LogP contribution in [0, 0.1) is 11.3 Å². The van der Waals surface area contributed by atoms with Crippen LogP contribution in [0.4, 0.5) is 0 Å². The second-order valence-corrected chi connectivity index (χ2v) is 3.57. The molecule has 0 aromatic carbocycles. The van der Waals surface area contributed by atoms with Gasteiger partial charge >= 0.3 is 0 Å². The van der Waals surface area contributed by atoms with Gasteiger partial charge in [0.2, 0.25) is 0 Å². The number of nitrogens with zero attached hydrogens (tertiary/aromatic N) is 2. The first kappa shape index (κ1) is 9.37. The van der Waals surface area contributed by atoms with Crippen molar-refractivity contribution in [3.05, 3.63) is 24.0 Å². The van der Waals surface area contributed by atoms with E-state index in [1.165, 1.54) is 0 Å². The number of thioether (sulfide) groups is 1. The van der Waals surface area contributed by atoms with Gasteiger partial charge in [-0.1, -0.05) is 0 Å². The summed E-state index contributed by atoms with van der Waals surface area (Å²) in [5.74, 6) is 1.48. The zero-order valence-electron chi connectivity index (χ0n) is 6.33. The van der Waals surface area contributed by atoms with E-state index in [1.807, 2.05) is 12.1 Å². The highest BCUT2D eigenvalue weighted by Crippen LogP contribution is 2.17. The van der Waals surface area contributed by atoms with E-state index in [9.17, 15) is 0 Å².